The van der Waals surface area contributed by atoms with Crippen molar-refractivity contribution in [2.75, 3.05) is 17.7 Å². The van der Waals surface area contributed by atoms with Crippen LogP contribution in [0.25, 0.3) is 0 Å². The molecular weight excluding hydrogens is 432 g/mol. The quantitative estimate of drug-likeness (QED) is 0.562. The van der Waals surface area contributed by atoms with E-state index in [0.29, 0.717) is 21.1 Å². The molecule has 27 heavy (non-hydrogen) atoms. The van der Waals surface area contributed by atoms with Crippen LogP contribution in [0.5, 0.6) is 5.88 Å². The van der Waals surface area contributed by atoms with Crippen molar-refractivity contribution in [3.8, 4) is 5.88 Å². The lowest BCUT2D eigenvalue weighted by Gasteiger charge is -2.12. The van der Waals surface area contributed by atoms with Crippen LogP contribution in [0.1, 0.15) is 15.9 Å². The smallest absolute Gasteiger partial charge is 0.262 e. The van der Waals surface area contributed by atoms with E-state index in [1.54, 1.807) is 18.2 Å². The van der Waals surface area contributed by atoms with Crippen LogP contribution in [0.4, 0.5) is 17.3 Å². The molecule has 2 aromatic carbocycles. The Kier molecular flexibility index (Phi) is 5.93. The standard InChI is InChI=1S/C19H16BrClN4O2/c1-11-5-3-6-12(9-11)23-19-22-10-13(18(25-19)27-2)17(26)24-16-14(20)7-4-8-15(16)21/h3-10H,1-2H3,(H,24,26)(H,22,23,25). The largest absolute Gasteiger partial charge is 0.480 e. The molecule has 0 bridgehead atoms. The van der Waals surface area contributed by atoms with E-state index in [4.69, 9.17) is 16.3 Å². The number of hydrogen-bond acceptors (Lipinski definition) is 5. The third kappa shape index (κ3) is 4.56. The van der Waals surface area contributed by atoms with E-state index in [-0.39, 0.29) is 11.4 Å². The Balaban J connectivity index is 1.84. The first kappa shape index (κ1) is 19.1. The lowest BCUT2D eigenvalue weighted by Crippen LogP contribution is -2.15. The van der Waals surface area contributed by atoms with Crippen molar-refractivity contribution in [3.63, 3.8) is 0 Å². The molecule has 0 atom stereocenters. The number of anilines is 3. The highest BCUT2D eigenvalue weighted by atomic mass is 79.9. The summed E-state index contributed by atoms with van der Waals surface area (Å²) in [6.45, 7) is 1.99. The fourth-order valence-electron chi connectivity index (χ4n) is 2.39. The minimum Gasteiger partial charge on any atom is -0.480 e. The number of nitrogens with zero attached hydrogens (tertiary/aromatic N) is 2. The summed E-state index contributed by atoms with van der Waals surface area (Å²) in [6, 6.07) is 13.0. The van der Waals surface area contributed by atoms with Gasteiger partial charge in [0, 0.05) is 16.4 Å². The first-order valence-electron chi connectivity index (χ1n) is 7.98. The van der Waals surface area contributed by atoms with Gasteiger partial charge >= 0.3 is 0 Å². The lowest BCUT2D eigenvalue weighted by atomic mass is 10.2. The number of aryl methyl sites for hydroxylation is 1. The fraction of sp³-hybridized carbons (Fsp3) is 0.105. The zero-order chi connectivity index (χ0) is 19.4. The van der Waals surface area contributed by atoms with E-state index in [1.807, 2.05) is 31.2 Å². The summed E-state index contributed by atoms with van der Waals surface area (Å²) < 4.78 is 5.94. The number of carbonyl (C=O) groups is 1. The van der Waals surface area contributed by atoms with Crippen LogP contribution in [0.3, 0.4) is 0 Å². The van der Waals surface area contributed by atoms with Crippen molar-refractivity contribution in [2.24, 2.45) is 0 Å². The molecule has 1 aromatic heterocycles. The maximum Gasteiger partial charge on any atom is 0.262 e. The van der Waals surface area contributed by atoms with Crippen molar-refractivity contribution in [1.82, 2.24) is 9.97 Å². The number of nitrogens with one attached hydrogen (secondary N) is 2. The number of aromatic nitrogens is 2. The first-order valence-corrected chi connectivity index (χ1v) is 9.15. The van der Waals surface area contributed by atoms with Crippen molar-refractivity contribution < 1.29 is 9.53 Å². The number of methoxy groups -OCH3 is 1. The normalized spacial score (nSPS) is 10.4. The maximum atomic E-state index is 12.6. The van der Waals surface area contributed by atoms with Gasteiger partial charge in [-0.15, -0.1) is 0 Å². The number of halogens is 2. The van der Waals surface area contributed by atoms with Crippen LogP contribution in [0.15, 0.2) is 53.1 Å². The molecule has 0 aliphatic heterocycles. The summed E-state index contributed by atoms with van der Waals surface area (Å²) in [6.07, 6.45) is 1.41. The molecule has 1 heterocycles. The molecule has 0 fully saturated rings. The topological polar surface area (TPSA) is 76.1 Å². The summed E-state index contributed by atoms with van der Waals surface area (Å²) in [5.74, 6) is 0.0523. The van der Waals surface area contributed by atoms with Crippen molar-refractivity contribution >= 4 is 50.8 Å². The van der Waals surface area contributed by atoms with E-state index in [1.165, 1.54) is 13.3 Å². The average Bonchev–Trinajstić information content (AvgIpc) is 2.64. The van der Waals surface area contributed by atoms with Crippen molar-refractivity contribution in [2.45, 2.75) is 6.92 Å². The number of hydrogen-bond donors (Lipinski definition) is 2. The molecule has 138 valence electrons. The molecule has 6 nitrogen and oxygen atoms in total. The first-order chi connectivity index (χ1) is 13.0. The summed E-state index contributed by atoms with van der Waals surface area (Å²) >= 11 is 9.51. The second kappa shape index (κ2) is 8.37. The van der Waals surface area contributed by atoms with Crippen LogP contribution < -0.4 is 15.4 Å². The highest BCUT2D eigenvalue weighted by molar-refractivity contribution is 9.10. The Labute approximate surface area is 170 Å². The monoisotopic (exact) mass is 446 g/mol. The minimum absolute atomic E-state index is 0.154. The predicted molar refractivity (Wildman–Crippen MR) is 110 cm³/mol. The SMILES string of the molecule is COc1nc(Nc2cccc(C)c2)ncc1C(=O)Nc1c(Cl)cccc1Br. The second-order valence-electron chi connectivity index (χ2n) is 5.66. The molecule has 0 aliphatic carbocycles. The van der Waals surface area contributed by atoms with Crippen LogP contribution in [0, 0.1) is 6.92 Å². The van der Waals surface area contributed by atoms with Crippen molar-refractivity contribution in [3.05, 3.63) is 69.3 Å². The van der Waals surface area contributed by atoms with Crippen LogP contribution in [-0.2, 0) is 0 Å². The van der Waals surface area contributed by atoms with Gasteiger partial charge in [-0.05, 0) is 52.7 Å². The molecule has 0 unspecified atom stereocenters. The van der Waals surface area contributed by atoms with E-state index < -0.39 is 5.91 Å². The van der Waals surface area contributed by atoms with Gasteiger partial charge in [0.25, 0.3) is 5.91 Å². The van der Waals surface area contributed by atoms with Crippen LogP contribution in [0.2, 0.25) is 5.02 Å². The Morgan fingerprint density at radius 2 is 2.00 bits per heavy atom. The number of benzene rings is 2. The molecule has 0 aliphatic rings. The summed E-state index contributed by atoms with van der Waals surface area (Å²) in [5.41, 5.74) is 2.61. The summed E-state index contributed by atoms with van der Waals surface area (Å²) in [5, 5.41) is 6.25. The molecule has 3 rings (SSSR count). The van der Waals surface area contributed by atoms with Gasteiger partial charge in [-0.2, -0.15) is 4.98 Å². The number of rotatable bonds is 5. The molecule has 0 spiro atoms. The number of ether oxygens (including phenoxy) is 1. The van der Waals surface area contributed by atoms with E-state index in [2.05, 4.69) is 36.5 Å². The predicted octanol–water partition coefficient (Wildman–Crippen LogP) is 5.21. The number of amides is 1. The molecule has 8 heteroatoms. The molecule has 0 radical (unpaired) electrons. The Hall–Kier alpha value is -2.64. The van der Waals surface area contributed by atoms with Crippen molar-refractivity contribution in [1.29, 1.82) is 0 Å². The highest BCUT2D eigenvalue weighted by Gasteiger charge is 2.18. The van der Waals surface area contributed by atoms with Gasteiger partial charge in [-0.1, -0.05) is 29.8 Å². The second-order valence-corrected chi connectivity index (χ2v) is 6.92. The highest BCUT2D eigenvalue weighted by Crippen LogP contribution is 2.31. The minimum atomic E-state index is -0.428. The van der Waals surface area contributed by atoms with Crippen LogP contribution >= 0.6 is 27.5 Å². The van der Waals surface area contributed by atoms with Gasteiger partial charge in [0.1, 0.15) is 5.56 Å². The summed E-state index contributed by atoms with van der Waals surface area (Å²) in [4.78, 5) is 21.1. The molecule has 1 amide bonds. The summed E-state index contributed by atoms with van der Waals surface area (Å²) in [7, 11) is 1.45. The molecule has 2 N–H and O–H groups in total. The molecule has 3 aromatic rings. The molecular formula is C19H16BrClN4O2. The van der Waals surface area contributed by atoms with Gasteiger partial charge in [0.05, 0.1) is 17.8 Å². The fourth-order valence-corrected chi connectivity index (χ4v) is 3.19. The van der Waals surface area contributed by atoms with Crippen LogP contribution in [-0.4, -0.2) is 23.0 Å². The maximum absolute atomic E-state index is 12.6. The van der Waals surface area contributed by atoms with Gasteiger partial charge in [-0.25, -0.2) is 4.98 Å². The van der Waals surface area contributed by atoms with E-state index in [9.17, 15) is 4.79 Å². The molecule has 0 saturated heterocycles. The van der Waals surface area contributed by atoms with Gasteiger partial charge in [-0.3, -0.25) is 4.79 Å². The molecule has 0 saturated carbocycles. The zero-order valence-corrected chi connectivity index (χ0v) is 16.9. The average molecular weight is 448 g/mol. The third-order valence-electron chi connectivity index (χ3n) is 3.67. The van der Waals surface area contributed by atoms with E-state index in [0.717, 1.165) is 11.3 Å². The van der Waals surface area contributed by atoms with Gasteiger partial charge < -0.3 is 15.4 Å². The number of carbonyl (C=O) groups excluding carboxylic acids is 1. The number of para-hydroxylation sites is 1. The third-order valence-corrected chi connectivity index (χ3v) is 4.64. The Bertz CT molecular complexity index is 977. The Morgan fingerprint density at radius 1 is 1.22 bits per heavy atom. The van der Waals surface area contributed by atoms with Gasteiger partial charge in [0.15, 0.2) is 0 Å². The van der Waals surface area contributed by atoms with E-state index >= 15 is 0 Å². The Morgan fingerprint density at radius 3 is 2.70 bits per heavy atom. The zero-order valence-electron chi connectivity index (χ0n) is 14.6. The van der Waals surface area contributed by atoms with Gasteiger partial charge in [0.2, 0.25) is 11.8 Å². The lowest BCUT2D eigenvalue weighted by molar-refractivity contribution is 0.102.